The SMILES string of the molecule is NCCCC[C@H](NC(=O)[C@@H](N)CCCCN)C(=O)N1CCC[C@@H]1C(=O)O. The van der Waals surface area contributed by atoms with Crippen molar-refractivity contribution in [1.82, 2.24) is 10.2 Å². The molecule has 9 heteroatoms. The highest BCUT2D eigenvalue weighted by Crippen LogP contribution is 2.20. The topological polar surface area (TPSA) is 165 Å². The molecule has 0 spiro atoms. The Morgan fingerprint density at radius 2 is 1.69 bits per heavy atom. The number of aliphatic carboxylic acids is 1. The number of carbonyl (C=O) groups is 3. The van der Waals surface area contributed by atoms with Gasteiger partial charge in [0.2, 0.25) is 11.8 Å². The lowest BCUT2D eigenvalue weighted by molar-refractivity contribution is -0.149. The monoisotopic (exact) mass is 371 g/mol. The Kier molecular flexibility index (Phi) is 10.2. The van der Waals surface area contributed by atoms with Crippen LogP contribution < -0.4 is 22.5 Å². The van der Waals surface area contributed by atoms with E-state index < -0.39 is 24.1 Å². The molecule has 1 fully saturated rings. The number of carboxylic acids is 1. The van der Waals surface area contributed by atoms with Gasteiger partial charge in [0.05, 0.1) is 6.04 Å². The first-order chi connectivity index (χ1) is 12.4. The van der Waals surface area contributed by atoms with Gasteiger partial charge in [-0.1, -0.05) is 6.42 Å². The number of unbranched alkanes of at least 4 members (excludes halogenated alkanes) is 2. The molecule has 1 heterocycles. The Labute approximate surface area is 154 Å². The third-order valence-corrected chi connectivity index (χ3v) is 4.69. The van der Waals surface area contributed by atoms with E-state index in [0.29, 0.717) is 51.7 Å². The van der Waals surface area contributed by atoms with Gasteiger partial charge in [-0.15, -0.1) is 0 Å². The fraction of sp³-hybridized carbons (Fsp3) is 0.824. The summed E-state index contributed by atoms with van der Waals surface area (Å²) < 4.78 is 0. The van der Waals surface area contributed by atoms with Gasteiger partial charge >= 0.3 is 5.97 Å². The summed E-state index contributed by atoms with van der Waals surface area (Å²) in [5.74, 6) is -1.75. The van der Waals surface area contributed by atoms with E-state index in [1.165, 1.54) is 4.90 Å². The summed E-state index contributed by atoms with van der Waals surface area (Å²) in [7, 11) is 0. The van der Waals surface area contributed by atoms with Gasteiger partial charge < -0.3 is 32.5 Å². The number of nitrogens with zero attached hydrogens (tertiary/aromatic N) is 1. The second-order valence-corrected chi connectivity index (χ2v) is 6.76. The van der Waals surface area contributed by atoms with E-state index in [1.807, 2.05) is 0 Å². The van der Waals surface area contributed by atoms with Crippen LogP contribution in [0.2, 0.25) is 0 Å². The van der Waals surface area contributed by atoms with Gasteiger partial charge in [0.15, 0.2) is 0 Å². The number of hydrogen-bond donors (Lipinski definition) is 5. The maximum Gasteiger partial charge on any atom is 0.326 e. The molecule has 26 heavy (non-hydrogen) atoms. The van der Waals surface area contributed by atoms with Crippen LogP contribution in [0.25, 0.3) is 0 Å². The summed E-state index contributed by atoms with van der Waals surface area (Å²) in [6, 6.07) is -2.30. The highest BCUT2D eigenvalue weighted by atomic mass is 16.4. The number of amides is 2. The maximum atomic E-state index is 12.8. The molecule has 1 saturated heterocycles. The van der Waals surface area contributed by atoms with E-state index in [9.17, 15) is 19.5 Å². The number of nitrogens with one attached hydrogen (secondary N) is 1. The minimum atomic E-state index is -1.01. The molecular weight excluding hydrogens is 338 g/mol. The third kappa shape index (κ3) is 6.89. The predicted octanol–water partition coefficient (Wildman–Crippen LogP) is -0.868. The average Bonchev–Trinajstić information content (AvgIpc) is 3.10. The van der Waals surface area contributed by atoms with E-state index in [4.69, 9.17) is 17.2 Å². The number of likely N-dealkylation sites (tertiary alicyclic amines) is 1. The summed E-state index contributed by atoms with van der Waals surface area (Å²) in [5, 5.41) is 12.0. The first-order valence-electron chi connectivity index (χ1n) is 9.41. The molecule has 0 radical (unpaired) electrons. The van der Waals surface area contributed by atoms with Crippen LogP contribution in [0, 0.1) is 0 Å². The zero-order valence-electron chi connectivity index (χ0n) is 15.4. The van der Waals surface area contributed by atoms with E-state index in [1.54, 1.807) is 0 Å². The molecule has 0 bridgehead atoms. The molecule has 1 rings (SSSR count). The van der Waals surface area contributed by atoms with Crippen LogP contribution >= 0.6 is 0 Å². The smallest absolute Gasteiger partial charge is 0.326 e. The van der Waals surface area contributed by atoms with Crippen molar-refractivity contribution in [2.45, 2.75) is 69.5 Å². The molecule has 2 amide bonds. The van der Waals surface area contributed by atoms with Crippen molar-refractivity contribution >= 4 is 17.8 Å². The fourth-order valence-corrected chi connectivity index (χ4v) is 3.16. The van der Waals surface area contributed by atoms with Crippen molar-refractivity contribution < 1.29 is 19.5 Å². The minimum absolute atomic E-state index is 0.352. The number of carbonyl (C=O) groups excluding carboxylic acids is 2. The van der Waals surface area contributed by atoms with Crippen molar-refractivity contribution in [3.63, 3.8) is 0 Å². The summed E-state index contributed by atoms with van der Waals surface area (Å²) in [5.41, 5.74) is 16.8. The van der Waals surface area contributed by atoms with E-state index in [0.717, 1.165) is 19.3 Å². The Bertz CT molecular complexity index is 474. The van der Waals surface area contributed by atoms with Crippen LogP contribution in [0.4, 0.5) is 0 Å². The van der Waals surface area contributed by atoms with Gasteiger partial charge in [0, 0.05) is 6.54 Å². The Balaban J connectivity index is 2.72. The van der Waals surface area contributed by atoms with Gasteiger partial charge in [-0.3, -0.25) is 9.59 Å². The second kappa shape index (κ2) is 11.8. The molecular formula is C17H33N5O4. The summed E-state index contributed by atoms with van der Waals surface area (Å²) in [4.78, 5) is 37.9. The molecule has 0 saturated carbocycles. The van der Waals surface area contributed by atoms with E-state index in [-0.39, 0.29) is 11.8 Å². The molecule has 0 aromatic heterocycles. The van der Waals surface area contributed by atoms with Gasteiger partial charge in [-0.25, -0.2) is 4.79 Å². The molecule has 0 aromatic rings. The van der Waals surface area contributed by atoms with Gasteiger partial charge in [0.25, 0.3) is 0 Å². The van der Waals surface area contributed by atoms with Crippen molar-refractivity contribution in [1.29, 1.82) is 0 Å². The van der Waals surface area contributed by atoms with Crippen LogP contribution in [0.5, 0.6) is 0 Å². The van der Waals surface area contributed by atoms with Crippen LogP contribution in [0.1, 0.15) is 51.4 Å². The summed E-state index contributed by atoms with van der Waals surface area (Å²) in [6.45, 7) is 1.43. The highest BCUT2D eigenvalue weighted by Gasteiger charge is 2.37. The minimum Gasteiger partial charge on any atom is -0.480 e. The van der Waals surface area contributed by atoms with Crippen molar-refractivity contribution in [2.75, 3.05) is 19.6 Å². The van der Waals surface area contributed by atoms with Crippen molar-refractivity contribution in [3.05, 3.63) is 0 Å². The lowest BCUT2D eigenvalue weighted by Gasteiger charge is -2.28. The van der Waals surface area contributed by atoms with Crippen LogP contribution in [-0.2, 0) is 14.4 Å². The van der Waals surface area contributed by atoms with E-state index in [2.05, 4.69) is 5.32 Å². The number of hydrogen-bond acceptors (Lipinski definition) is 6. The zero-order valence-corrected chi connectivity index (χ0v) is 15.4. The van der Waals surface area contributed by atoms with Crippen molar-refractivity contribution in [2.24, 2.45) is 17.2 Å². The van der Waals surface area contributed by atoms with Gasteiger partial charge in [0.1, 0.15) is 12.1 Å². The zero-order chi connectivity index (χ0) is 19.5. The van der Waals surface area contributed by atoms with Gasteiger partial charge in [-0.05, 0) is 58.0 Å². The van der Waals surface area contributed by atoms with E-state index >= 15 is 0 Å². The maximum absolute atomic E-state index is 12.8. The summed E-state index contributed by atoms with van der Waals surface area (Å²) >= 11 is 0. The van der Waals surface area contributed by atoms with Crippen molar-refractivity contribution in [3.8, 4) is 0 Å². The standard InChI is InChI=1S/C17H33N5O4/c18-9-3-1-6-12(20)15(23)21-13(7-2-4-10-19)16(24)22-11-5-8-14(22)17(25)26/h12-14H,1-11,18-20H2,(H,21,23)(H,25,26)/t12-,13-,14+/m0/s1. The van der Waals surface area contributed by atoms with Crippen LogP contribution in [0.3, 0.4) is 0 Å². The lowest BCUT2D eigenvalue weighted by Crippen LogP contribution is -2.54. The first kappa shape index (κ1) is 22.3. The molecule has 0 aromatic carbocycles. The highest BCUT2D eigenvalue weighted by molar-refractivity contribution is 5.92. The average molecular weight is 371 g/mol. The second-order valence-electron chi connectivity index (χ2n) is 6.76. The molecule has 150 valence electrons. The van der Waals surface area contributed by atoms with Crippen LogP contribution in [0.15, 0.2) is 0 Å². The summed E-state index contributed by atoms with van der Waals surface area (Å²) in [6.07, 6.45) is 4.91. The Morgan fingerprint density at radius 3 is 2.27 bits per heavy atom. The Hall–Kier alpha value is -1.71. The van der Waals surface area contributed by atoms with Crippen LogP contribution in [-0.4, -0.2) is 65.5 Å². The molecule has 0 unspecified atom stereocenters. The Morgan fingerprint density at radius 1 is 1.08 bits per heavy atom. The van der Waals surface area contributed by atoms with Gasteiger partial charge in [-0.2, -0.15) is 0 Å². The molecule has 0 aliphatic carbocycles. The third-order valence-electron chi connectivity index (χ3n) is 4.69. The quantitative estimate of drug-likeness (QED) is 0.278. The number of rotatable bonds is 12. The number of nitrogens with two attached hydrogens (primary N) is 3. The molecule has 1 aliphatic rings. The first-order valence-corrected chi connectivity index (χ1v) is 9.41. The molecule has 1 aliphatic heterocycles. The lowest BCUT2D eigenvalue weighted by atomic mass is 10.1. The fourth-order valence-electron chi connectivity index (χ4n) is 3.16. The predicted molar refractivity (Wildman–Crippen MR) is 98.1 cm³/mol. The molecule has 8 N–H and O–H groups in total. The molecule has 3 atom stereocenters. The largest absolute Gasteiger partial charge is 0.480 e. The molecule has 9 nitrogen and oxygen atoms in total. The number of carboxylic acid groups (broad SMARTS) is 1. The normalized spacial score (nSPS) is 19.2.